The summed E-state index contributed by atoms with van der Waals surface area (Å²) in [6.45, 7) is 4.24. The van der Waals surface area contributed by atoms with E-state index in [1.54, 1.807) is 6.33 Å². The van der Waals surface area contributed by atoms with Gasteiger partial charge in [-0.1, -0.05) is 6.07 Å². The van der Waals surface area contributed by atoms with Crippen LogP contribution in [0, 0.1) is 0 Å². The molecule has 6 nitrogen and oxygen atoms in total. The molecule has 1 aromatic carbocycles. The Balaban J connectivity index is 2.03. The molecule has 4 rings (SSSR count). The van der Waals surface area contributed by atoms with Gasteiger partial charge in [-0.05, 0) is 32.0 Å². The minimum Gasteiger partial charge on any atom is -0.351 e. The monoisotopic (exact) mass is 321 g/mol. The normalized spacial score (nSPS) is 11.9. The smallest absolute Gasteiger partial charge is 0.239 e. The molecule has 24 heavy (non-hydrogen) atoms. The second-order valence-corrected chi connectivity index (χ2v) is 6.33. The number of benzene rings is 1. The molecular formula is C18H21N6+. The summed E-state index contributed by atoms with van der Waals surface area (Å²) >= 11 is 0. The van der Waals surface area contributed by atoms with Gasteiger partial charge in [-0.15, -0.1) is 0 Å². The number of hydrogen-bond acceptors (Lipinski definition) is 3. The van der Waals surface area contributed by atoms with Crippen molar-refractivity contribution in [2.75, 3.05) is 7.05 Å². The highest BCUT2D eigenvalue weighted by Gasteiger charge is 2.21. The minimum atomic E-state index is 0.237. The SMILES string of the molecule is C[NH2+]c1ncnc2c1c(-c1ccc3c(ccn3C)c1)nn2C(C)C. The lowest BCUT2D eigenvalue weighted by Gasteiger charge is -2.05. The Bertz CT molecular complexity index is 1040. The van der Waals surface area contributed by atoms with E-state index >= 15 is 0 Å². The number of nitrogens with zero attached hydrogens (tertiary/aromatic N) is 5. The third-order valence-electron chi connectivity index (χ3n) is 4.44. The lowest BCUT2D eigenvalue weighted by Crippen LogP contribution is -2.73. The molecule has 0 aliphatic carbocycles. The Kier molecular flexibility index (Phi) is 3.35. The van der Waals surface area contributed by atoms with Gasteiger partial charge in [-0.2, -0.15) is 10.1 Å². The van der Waals surface area contributed by atoms with Gasteiger partial charge < -0.3 is 4.57 Å². The van der Waals surface area contributed by atoms with Crippen molar-refractivity contribution in [2.24, 2.45) is 7.05 Å². The number of aromatic nitrogens is 5. The molecule has 6 heteroatoms. The molecule has 0 unspecified atom stereocenters. The van der Waals surface area contributed by atoms with E-state index in [4.69, 9.17) is 5.10 Å². The van der Waals surface area contributed by atoms with E-state index in [9.17, 15) is 0 Å². The van der Waals surface area contributed by atoms with Crippen LogP contribution in [0.3, 0.4) is 0 Å². The van der Waals surface area contributed by atoms with Gasteiger partial charge in [0.05, 0.1) is 7.05 Å². The number of aryl methyl sites for hydroxylation is 1. The highest BCUT2D eigenvalue weighted by Crippen LogP contribution is 2.32. The van der Waals surface area contributed by atoms with Crippen molar-refractivity contribution in [3.63, 3.8) is 0 Å². The maximum atomic E-state index is 4.87. The van der Waals surface area contributed by atoms with Crippen LogP contribution in [0.25, 0.3) is 33.2 Å². The fourth-order valence-corrected chi connectivity index (χ4v) is 3.21. The lowest BCUT2D eigenvalue weighted by molar-refractivity contribution is -0.541. The number of quaternary nitrogens is 1. The molecular weight excluding hydrogens is 300 g/mol. The second-order valence-electron chi connectivity index (χ2n) is 6.33. The zero-order chi connectivity index (χ0) is 16.8. The van der Waals surface area contributed by atoms with Crippen LogP contribution in [0.1, 0.15) is 19.9 Å². The zero-order valence-electron chi connectivity index (χ0n) is 14.4. The topological polar surface area (TPSA) is 65.1 Å². The Labute approximate surface area is 140 Å². The van der Waals surface area contributed by atoms with Gasteiger partial charge in [-0.25, -0.2) is 9.67 Å². The van der Waals surface area contributed by atoms with Gasteiger partial charge >= 0.3 is 0 Å². The lowest BCUT2D eigenvalue weighted by atomic mass is 10.1. The van der Waals surface area contributed by atoms with Crippen LogP contribution in [-0.2, 0) is 7.05 Å². The number of rotatable bonds is 3. The minimum absolute atomic E-state index is 0.237. The summed E-state index contributed by atoms with van der Waals surface area (Å²) in [6, 6.07) is 8.82. The average molecular weight is 321 g/mol. The first-order valence-corrected chi connectivity index (χ1v) is 8.18. The van der Waals surface area contributed by atoms with Crippen molar-refractivity contribution in [1.82, 2.24) is 24.3 Å². The van der Waals surface area contributed by atoms with Crippen molar-refractivity contribution in [3.05, 3.63) is 36.8 Å². The predicted octanol–water partition coefficient (Wildman–Crippen LogP) is 2.39. The highest BCUT2D eigenvalue weighted by atomic mass is 15.3. The Morgan fingerprint density at radius 3 is 2.71 bits per heavy atom. The van der Waals surface area contributed by atoms with E-state index in [1.165, 1.54) is 10.9 Å². The summed E-state index contributed by atoms with van der Waals surface area (Å²) in [5, 5.41) is 9.11. The summed E-state index contributed by atoms with van der Waals surface area (Å²) in [5.41, 5.74) is 4.13. The van der Waals surface area contributed by atoms with E-state index in [0.29, 0.717) is 0 Å². The Hall–Kier alpha value is -2.73. The van der Waals surface area contributed by atoms with E-state index in [1.807, 2.05) is 17.0 Å². The van der Waals surface area contributed by atoms with Crippen LogP contribution < -0.4 is 5.32 Å². The van der Waals surface area contributed by atoms with Gasteiger partial charge in [0, 0.05) is 35.8 Å². The first kappa shape index (κ1) is 14.8. The molecule has 3 heterocycles. The summed E-state index contributed by atoms with van der Waals surface area (Å²) in [4.78, 5) is 8.92. The molecule has 0 aliphatic rings. The largest absolute Gasteiger partial charge is 0.351 e. The van der Waals surface area contributed by atoms with Crippen LogP contribution in [0.15, 0.2) is 36.8 Å². The van der Waals surface area contributed by atoms with E-state index in [0.717, 1.165) is 28.1 Å². The van der Waals surface area contributed by atoms with Crippen molar-refractivity contribution in [2.45, 2.75) is 19.9 Å². The highest BCUT2D eigenvalue weighted by molar-refractivity contribution is 5.98. The summed E-state index contributed by atoms with van der Waals surface area (Å²) in [7, 11) is 4.06. The molecule has 2 N–H and O–H groups in total. The number of hydrogen-bond donors (Lipinski definition) is 1. The van der Waals surface area contributed by atoms with Crippen LogP contribution in [0.2, 0.25) is 0 Å². The molecule has 0 fully saturated rings. The standard InChI is InChI=1S/C18H20N6/c1-11(2)24-18-15(17(19-3)20-10-21-18)16(22-24)13-5-6-14-12(9-13)7-8-23(14)4/h5-11H,1-4H3,(H,19,20,21)/p+1. The Morgan fingerprint density at radius 2 is 1.96 bits per heavy atom. The first-order chi connectivity index (χ1) is 11.6. The van der Waals surface area contributed by atoms with Gasteiger partial charge in [-0.3, -0.25) is 5.32 Å². The molecule has 0 atom stereocenters. The molecule has 0 saturated carbocycles. The first-order valence-electron chi connectivity index (χ1n) is 8.18. The van der Waals surface area contributed by atoms with Gasteiger partial charge in [0.25, 0.3) is 0 Å². The van der Waals surface area contributed by atoms with Crippen LogP contribution >= 0.6 is 0 Å². The molecule has 0 bridgehead atoms. The van der Waals surface area contributed by atoms with Crippen molar-refractivity contribution in [1.29, 1.82) is 0 Å². The maximum Gasteiger partial charge on any atom is 0.239 e. The molecule has 0 aliphatic heterocycles. The number of fused-ring (bicyclic) bond motifs is 2. The average Bonchev–Trinajstić information content (AvgIpc) is 3.15. The van der Waals surface area contributed by atoms with Crippen LogP contribution in [0.5, 0.6) is 0 Å². The van der Waals surface area contributed by atoms with E-state index in [-0.39, 0.29) is 6.04 Å². The molecule has 0 radical (unpaired) electrons. The van der Waals surface area contributed by atoms with Gasteiger partial charge in [0.2, 0.25) is 5.82 Å². The van der Waals surface area contributed by atoms with Gasteiger partial charge in [0.15, 0.2) is 5.65 Å². The zero-order valence-corrected chi connectivity index (χ0v) is 14.4. The van der Waals surface area contributed by atoms with Crippen molar-refractivity contribution < 1.29 is 5.32 Å². The maximum absolute atomic E-state index is 4.87. The van der Waals surface area contributed by atoms with Crippen molar-refractivity contribution in [3.8, 4) is 11.3 Å². The van der Waals surface area contributed by atoms with E-state index in [2.05, 4.69) is 65.9 Å². The second kappa shape index (κ2) is 5.42. The third-order valence-corrected chi connectivity index (χ3v) is 4.44. The van der Waals surface area contributed by atoms with Crippen LogP contribution in [-0.4, -0.2) is 31.4 Å². The number of nitrogens with two attached hydrogens (primary N) is 1. The summed E-state index contributed by atoms with van der Waals surface area (Å²) in [6.07, 6.45) is 3.69. The summed E-state index contributed by atoms with van der Waals surface area (Å²) in [5.74, 6) is 0.926. The molecule has 0 amide bonds. The quantitative estimate of drug-likeness (QED) is 0.630. The Morgan fingerprint density at radius 1 is 1.12 bits per heavy atom. The fraction of sp³-hybridized carbons (Fsp3) is 0.278. The summed E-state index contributed by atoms with van der Waals surface area (Å²) < 4.78 is 4.10. The third kappa shape index (κ3) is 2.11. The fourth-order valence-electron chi connectivity index (χ4n) is 3.21. The molecule has 3 aromatic heterocycles. The molecule has 122 valence electrons. The van der Waals surface area contributed by atoms with E-state index < -0.39 is 0 Å². The van der Waals surface area contributed by atoms with Crippen LogP contribution in [0.4, 0.5) is 5.82 Å². The van der Waals surface area contributed by atoms with Crippen molar-refractivity contribution >= 4 is 27.8 Å². The van der Waals surface area contributed by atoms with Gasteiger partial charge in [0.1, 0.15) is 17.4 Å². The predicted molar refractivity (Wildman–Crippen MR) is 95.1 cm³/mol. The molecule has 4 aromatic rings. The molecule has 0 saturated heterocycles. The molecule has 0 spiro atoms.